The predicted molar refractivity (Wildman–Crippen MR) is 103 cm³/mol. The van der Waals surface area contributed by atoms with Crippen molar-refractivity contribution in [3.63, 3.8) is 0 Å². The second-order valence-corrected chi connectivity index (χ2v) is 7.78. The number of ether oxygens (including phenoxy) is 1. The number of allylic oxidation sites excluding steroid dienone is 1. The number of carboxylic acids is 1. The van der Waals surface area contributed by atoms with Crippen molar-refractivity contribution in [2.75, 3.05) is 13.2 Å². The van der Waals surface area contributed by atoms with E-state index in [1.807, 2.05) is 0 Å². The molecule has 0 radical (unpaired) electrons. The lowest BCUT2D eigenvalue weighted by Gasteiger charge is -2.33. The Morgan fingerprint density at radius 3 is 3.07 bits per heavy atom. The number of rotatable bonds is 7. The van der Waals surface area contributed by atoms with E-state index >= 15 is 0 Å². The van der Waals surface area contributed by atoms with Gasteiger partial charge in [-0.3, -0.25) is 4.79 Å². The van der Waals surface area contributed by atoms with Gasteiger partial charge in [0, 0.05) is 12.7 Å². The summed E-state index contributed by atoms with van der Waals surface area (Å²) in [5, 5.41) is 16.1. The first-order chi connectivity index (χ1) is 13.6. The van der Waals surface area contributed by atoms with Crippen molar-refractivity contribution in [1.82, 2.24) is 14.9 Å². The summed E-state index contributed by atoms with van der Waals surface area (Å²) in [5.41, 5.74) is 3.17. The third-order valence-electron chi connectivity index (χ3n) is 5.59. The van der Waals surface area contributed by atoms with Crippen molar-refractivity contribution in [3.05, 3.63) is 47.3 Å². The van der Waals surface area contributed by atoms with Crippen LogP contribution in [0.3, 0.4) is 0 Å². The van der Waals surface area contributed by atoms with E-state index in [1.165, 1.54) is 31.3 Å². The van der Waals surface area contributed by atoms with Gasteiger partial charge in [-0.05, 0) is 49.3 Å². The van der Waals surface area contributed by atoms with Gasteiger partial charge in [-0.25, -0.2) is 9.31 Å². The molecular weight excluding hydrogens is 358 g/mol. The van der Waals surface area contributed by atoms with Crippen LogP contribution in [0.5, 0.6) is 0 Å². The number of nitrogens with zero attached hydrogens (tertiary/aromatic N) is 2. The number of carbonyl (C=O) groups is 2. The summed E-state index contributed by atoms with van der Waals surface area (Å²) in [6.07, 6.45) is 10.4. The number of carboxylic acid groups (broad SMARTS) is 1. The quantitative estimate of drug-likeness (QED) is 0.717. The number of fused-ring (bicyclic) bond motifs is 3. The Bertz CT molecular complexity index is 918. The van der Waals surface area contributed by atoms with Gasteiger partial charge in [0.25, 0.3) is 5.91 Å². The molecule has 2 heterocycles. The molecule has 0 saturated heterocycles. The molecule has 2 atom stereocenters. The molecule has 4 rings (SSSR count). The van der Waals surface area contributed by atoms with Crippen LogP contribution in [0.4, 0.5) is 0 Å². The molecule has 2 aromatic heterocycles. The fraction of sp³-hybridized carbons (Fsp3) is 0.476. The number of pyridine rings is 1. The molecule has 2 N–H and O–H groups in total. The molecule has 0 spiro atoms. The minimum Gasteiger partial charge on any atom is -0.480 e. The third-order valence-corrected chi connectivity index (χ3v) is 5.59. The molecule has 2 unspecified atom stereocenters. The van der Waals surface area contributed by atoms with E-state index in [1.54, 1.807) is 28.9 Å². The Morgan fingerprint density at radius 1 is 1.36 bits per heavy atom. The lowest BCUT2D eigenvalue weighted by Crippen LogP contribution is -2.29. The van der Waals surface area contributed by atoms with Crippen molar-refractivity contribution in [2.45, 2.75) is 38.7 Å². The van der Waals surface area contributed by atoms with Gasteiger partial charge in [-0.15, -0.1) is 0 Å². The molecule has 1 amide bonds. The van der Waals surface area contributed by atoms with Crippen LogP contribution in [0.1, 0.15) is 48.2 Å². The van der Waals surface area contributed by atoms with E-state index in [4.69, 9.17) is 9.84 Å². The maximum Gasteiger partial charge on any atom is 0.329 e. The van der Waals surface area contributed by atoms with Crippen LogP contribution in [0.15, 0.2) is 36.0 Å². The number of hydrogen-bond acceptors (Lipinski definition) is 4. The predicted octanol–water partition coefficient (Wildman–Crippen LogP) is 2.80. The Morgan fingerprint density at radius 2 is 2.25 bits per heavy atom. The standard InChI is InChI=1S/C21H25N3O4/c25-20(26)13-28-12-17-10-19-18(5-2-6-24(19)23-17)21(27)22-11-16-8-14-3-1-4-15(7-14)9-16/h2,5-6,8,10,14-15H,1,3-4,7,9,11-13H2,(H,22,27)(H,25,26). The lowest BCUT2D eigenvalue weighted by atomic mass is 9.73. The van der Waals surface area contributed by atoms with Crippen LogP contribution in [-0.2, 0) is 16.1 Å². The highest BCUT2D eigenvalue weighted by Crippen LogP contribution is 2.38. The summed E-state index contributed by atoms with van der Waals surface area (Å²) in [4.78, 5) is 23.3. The topological polar surface area (TPSA) is 92.9 Å². The Kier molecular flexibility index (Phi) is 5.43. The lowest BCUT2D eigenvalue weighted by molar-refractivity contribution is -0.142. The normalized spacial score (nSPS) is 21.4. The highest BCUT2D eigenvalue weighted by molar-refractivity contribution is 6.00. The SMILES string of the molecule is O=C(O)COCc1cc2c(C(=O)NCC3=CC4CCCC(C3)C4)cccn2n1. The van der Waals surface area contributed by atoms with Crippen molar-refractivity contribution in [3.8, 4) is 0 Å². The summed E-state index contributed by atoms with van der Waals surface area (Å²) in [6.45, 7) is 0.304. The summed E-state index contributed by atoms with van der Waals surface area (Å²) in [7, 11) is 0. The molecule has 1 saturated carbocycles. The van der Waals surface area contributed by atoms with Gasteiger partial charge in [-0.1, -0.05) is 24.5 Å². The fourth-order valence-electron chi connectivity index (χ4n) is 4.43. The average Bonchev–Trinajstić information content (AvgIpc) is 3.08. The second-order valence-electron chi connectivity index (χ2n) is 7.78. The average molecular weight is 383 g/mol. The van der Waals surface area contributed by atoms with E-state index in [0.717, 1.165) is 12.3 Å². The van der Waals surface area contributed by atoms with Crippen LogP contribution in [-0.4, -0.2) is 39.7 Å². The molecule has 1 fully saturated rings. The molecule has 7 nitrogen and oxygen atoms in total. The van der Waals surface area contributed by atoms with Gasteiger partial charge in [-0.2, -0.15) is 5.10 Å². The van der Waals surface area contributed by atoms with Crippen LogP contribution in [0, 0.1) is 11.8 Å². The molecule has 2 aromatic rings. The number of amides is 1. The highest BCUT2D eigenvalue weighted by atomic mass is 16.5. The van der Waals surface area contributed by atoms with Crippen molar-refractivity contribution in [2.24, 2.45) is 11.8 Å². The summed E-state index contributed by atoms with van der Waals surface area (Å²) in [5.74, 6) is 0.318. The van der Waals surface area contributed by atoms with Crippen molar-refractivity contribution in [1.29, 1.82) is 0 Å². The zero-order chi connectivity index (χ0) is 19.5. The van der Waals surface area contributed by atoms with Gasteiger partial charge >= 0.3 is 5.97 Å². The van der Waals surface area contributed by atoms with Crippen LogP contribution in [0.25, 0.3) is 5.52 Å². The van der Waals surface area contributed by atoms with E-state index in [2.05, 4.69) is 16.5 Å². The van der Waals surface area contributed by atoms with Gasteiger partial charge in [0.1, 0.15) is 6.61 Å². The number of carbonyl (C=O) groups excluding carboxylic acids is 1. The zero-order valence-corrected chi connectivity index (χ0v) is 15.8. The maximum absolute atomic E-state index is 12.8. The highest BCUT2D eigenvalue weighted by Gasteiger charge is 2.26. The van der Waals surface area contributed by atoms with Crippen LogP contribution < -0.4 is 5.32 Å². The van der Waals surface area contributed by atoms with Crippen molar-refractivity contribution >= 4 is 17.4 Å². The molecule has 7 heteroatoms. The minimum absolute atomic E-state index is 0.0880. The monoisotopic (exact) mass is 383 g/mol. The Balaban J connectivity index is 1.43. The van der Waals surface area contributed by atoms with Gasteiger partial charge in [0.15, 0.2) is 0 Å². The molecule has 0 aliphatic heterocycles. The molecule has 2 bridgehead atoms. The zero-order valence-electron chi connectivity index (χ0n) is 15.8. The summed E-state index contributed by atoms with van der Waals surface area (Å²) < 4.78 is 6.71. The molecule has 0 aromatic carbocycles. The van der Waals surface area contributed by atoms with Crippen LogP contribution >= 0.6 is 0 Å². The number of aromatic nitrogens is 2. The van der Waals surface area contributed by atoms with E-state index in [-0.39, 0.29) is 19.1 Å². The molecular formula is C21H25N3O4. The first kappa shape index (κ1) is 18.7. The maximum atomic E-state index is 12.8. The summed E-state index contributed by atoms with van der Waals surface area (Å²) in [6, 6.07) is 5.32. The third kappa shape index (κ3) is 4.25. The van der Waals surface area contributed by atoms with Crippen molar-refractivity contribution < 1.29 is 19.4 Å². The summed E-state index contributed by atoms with van der Waals surface area (Å²) >= 11 is 0. The first-order valence-electron chi connectivity index (χ1n) is 9.83. The number of nitrogens with one attached hydrogen (secondary N) is 1. The van der Waals surface area contributed by atoms with E-state index in [0.29, 0.717) is 29.2 Å². The van der Waals surface area contributed by atoms with Crippen LogP contribution in [0.2, 0.25) is 0 Å². The Hall–Kier alpha value is -2.67. The van der Waals surface area contributed by atoms with E-state index in [9.17, 15) is 9.59 Å². The second kappa shape index (κ2) is 8.14. The Labute approximate surface area is 163 Å². The fourth-order valence-corrected chi connectivity index (χ4v) is 4.43. The molecule has 28 heavy (non-hydrogen) atoms. The van der Waals surface area contributed by atoms with E-state index < -0.39 is 5.97 Å². The number of hydrogen-bond donors (Lipinski definition) is 2. The number of aliphatic carboxylic acids is 1. The molecule has 2 aliphatic carbocycles. The van der Waals surface area contributed by atoms with Gasteiger partial charge in [0.05, 0.1) is 23.4 Å². The molecule has 2 aliphatic rings. The largest absolute Gasteiger partial charge is 0.480 e. The minimum atomic E-state index is -1.02. The first-order valence-corrected chi connectivity index (χ1v) is 9.83. The molecule has 148 valence electrons. The van der Waals surface area contributed by atoms with Gasteiger partial charge < -0.3 is 15.2 Å². The van der Waals surface area contributed by atoms with Gasteiger partial charge in [0.2, 0.25) is 0 Å². The smallest absolute Gasteiger partial charge is 0.329 e.